The summed E-state index contributed by atoms with van der Waals surface area (Å²) in [5.74, 6) is 0. The summed E-state index contributed by atoms with van der Waals surface area (Å²) in [6, 6.07) is 7.57. The number of benzene rings is 1. The van der Waals surface area contributed by atoms with Gasteiger partial charge in [-0.05, 0) is 43.1 Å². The van der Waals surface area contributed by atoms with Crippen LogP contribution < -0.4 is 5.32 Å². The van der Waals surface area contributed by atoms with E-state index in [-0.39, 0.29) is 6.04 Å². The lowest BCUT2D eigenvalue weighted by atomic mass is 10.0. The largest absolute Gasteiger partial charge is 0.308 e. The van der Waals surface area contributed by atoms with Crippen LogP contribution in [0.5, 0.6) is 0 Å². The van der Waals surface area contributed by atoms with E-state index < -0.39 is 0 Å². The standard InChI is InChI=1S/C15H17Cl2N3/c1-2-7-19-15(14-6-8-18-10-20-14)9-11-12(16)4-3-5-13(11)17/h3-6,8,10,15,19H,2,7,9H2,1H3. The molecule has 0 saturated carbocycles. The lowest BCUT2D eigenvalue weighted by Gasteiger charge is -2.19. The molecule has 5 heteroatoms. The summed E-state index contributed by atoms with van der Waals surface area (Å²) in [5.41, 5.74) is 1.90. The summed E-state index contributed by atoms with van der Waals surface area (Å²) < 4.78 is 0. The summed E-state index contributed by atoms with van der Waals surface area (Å²) >= 11 is 12.5. The molecule has 1 heterocycles. The minimum Gasteiger partial charge on any atom is -0.308 e. The minimum absolute atomic E-state index is 0.0790. The first-order valence-corrected chi connectivity index (χ1v) is 7.40. The maximum absolute atomic E-state index is 6.25. The van der Waals surface area contributed by atoms with Gasteiger partial charge in [0.25, 0.3) is 0 Å². The van der Waals surface area contributed by atoms with Gasteiger partial charge in [-0.1, -0.05) is 36.2 Å². The van der Waals surface area contributed by atoms with Crippen molar-refractivity contribution in [2.75, 3.05) is 6.54 Å². The van der Waals surface area contributed by atoms with Gasteiger partial charge in [0.2, 0.25) is 0 Å². The number of nitrogens with one attached hydrogen (secondary N) is 1. The zero-order chi connectivity index (χ0) is 14.4. The van der Waals surface area contributed by atoms with E-state index in [1.54, 1.807) is 12.5 Å². The average molecular weight is 310 g/mol. The number of halogens is 2. The van der Waals surface area contributed by atoms with Crippen LogP contribution in [0.3, 0.4) is 0 Å². The lowest BCUT2D eigenvalue weighted by molar-refractivity contribution is 0.517. The first-order chi connectivity index (χ1) is 9.72. The van der Waals surface area contributed by atoms with Crippen molar-refractivity contribution in [3.63, 3.8) is 0 Å². The molecular formula is C15H17Cl2N3. The summed E-state index contributed by atoms with van der Waals surface area (Å²) in [4.78, 5) is 8.29. The van der Waals surface area contributed by atoms with Crippen LogP contribution in [0.2, 0.25) is 10.0 Å². The fraction of sp³-hybridized carbons (Fsp3) is 0.333. The van der Waals surface area contributed by atoms with Gasteiger partial charge in [-0.2, -0.15) is 0 Å². The average Bonchev–Trinajstić information content (AvgIpc) is 2.47. The molecule has 0 amide bonds. The van der Waals surface area contributed by atoms with Gasteiger partial charge in [-0.3, -0.25) is 0 Å². The molecule has 1 aromatic heterocycles. The molecule has 0 saturated heterocycles. The fourth-order valence-corrected chi connectivity index (χ4v) is 2.59. The molecule has 3 nitrogen and oxygen atoms in total. The highest BCUT2D eigenvalue weighted by molar-refractivity contribution is 6.36. The summed E-state index contributed by atoms with van der Waals surface area (Å²) in [6.07, 6.45) is 5.06. The Bertz CT molecular complexity index is 526. The molecule has 0 radical (unpaired) electrons. The molecule has 0 aliphatic carbocycles. The molecule has 2 aromatic rings. The van der Waals surface area contributed by atoms with E-state index >= 15 is 0 Å². The molecule has 1 atom stereocenters. The summed E-state index contributed by atoms with van der Waals surface area (Å²) in [7, 11) is 0. The Morgan fingerprint density at radius 1 is 1.20 bits per heavy atom. The van der Waals surface area contributed by atoms with Gasteiger partial charge >= 0.3 is 0 Å². The monoisotopic (exact) mass is 309 g/mol. The Balaban J connectivity index is 2.24. The first-order valence-electron chi connectivity index (χ1n) is 6.64. The molecule has 0 bridgehead atoms. The molecule has 1 N–H and O–H groups in total. The SMILES string of the molecule is CCCNC(Cc1c(Cl)cccc1Cl)c1ccncn1. The Morgan fingerprint density at radius 2 is 1.95 bits per heavy atom. The Hall–Kier alpha value is -1.16. The molecule has 1 unspecified atom stereocenters. The molecule has 0 aliphatic heterocycles. The van der Waals surface area contributed by atoms with Gasteiger partial charge in [0.05, 0.1) is 11.7 Å². The highest BCUT2D eigenvalue weighted by Crippen LogP contribution is 2.28. The second kappa shape index (κ2) is 7.58. The highest BCUT2D eigenvalue weighted by Gasteiger charge is 2.16. The van der Waals surface area contributed by atoms with Crippen molar-refractivity contribution < 1.29 is 0 Å². The van der Waals surface area contributed by atoms with Crippen LogP contribution in [-0.4, -0.2) is 16.5 Å². The summed E-state index contributed by atoms with van der Waals surface area (Å²) in [5, 5.41) is 4.86. The lowest BCUT2D eigenvalue weighted by Crippen LogP contribution is -2.25. The Morgan fingerprint density at radius 3 is 2.55 bits per heavy atom. The predicted molar refractivity (Wildman–Crippen MR) is 83.2 cm³/mol. The van der Waals surface area contributed by atoms with Crippen molar-refractivity contribution in [3.8, 4) is 0 Å². The third-order valence-electron chi connectivity index (χ3n) is 3.07. The van der Waals surface area contributed by atoms with Gasteiger partial charge in [0.1, 0.15) is 6.33 Å². The van der Waals surface area contributed by atoms with E-state index in [1.807, 2.05) is 24.3 Å². The van der Waals surface area contributed by atoms with Gasteiger partial charge in [0.15, 0.2) is 0 Å². The van der Waals surface area contributed by atoms with Crippen molar-refractivity contribution in [1.29, 1.82) is 0 Å². The van der Waals surface area contributed by atoms with Crippen molar-refractivity contribution in [2.24, 2.45) is 0 Å². The molecule has 0 spiro atoms. The third kappa shape index (κ3) is 3.92. The quantitative estimate of drug-likeness (QED) is 0.874. The van der Waals surface area contributed by atoms with E-state index in [4.69, 9.17) is 23.2 Å². The minimum atomic E-state index is 0.0790. The first kappa shape index (κ1) is 15.2. The van der Waals surface area contributed by atoms with Crippen LogP contribution >= 0.6 is 23.2 Å². The molecule has 0 fully saturated rings. The molecule has 2 rings (SSSR count). The zero-order valence-corrected chi connectivity index (χ0v) is 12.8. The maximum Gasteiger partial charge on any atom is 0.115 e. The second-order valence-electron chi connectivity index (χ2n) is 4.55. The number of rotatable bonds is 6. The van der Waals surface area contributed by atoms with E-state index in [9.17, 15) is 0 Å². The number of hydrogen-bond donors (Lipinski definition) is 1. The van der Waals surface area contributed by atoms with Crippen molar-refractivity contribution in [2.45, 2.75) is 25.8 Å². The normalized spacial score (nSPS) is 12.3. The summed E-state index contributed by atoms with van der Waals surface area (Å²) in [6.45, 7) is 3.04. The van der Waals surface area contributed by atoms with E-state index in [2.05, 4.69) is 22.2 Å². The topological polar surface area (TPSA) is 37.8 Å². The highest BCUT2D eigenvalue weighted by atomic mass is 35.5. The van der Waals surface area contributed by atoms with Crippen LogP contribution in [0.15, 0.2) is 36.8 Å². The maximum atomic E-state index is 6.25. The van der Waals surface area contributed by atoms with Crippen LogP contribution in [0.4, 0.5) is 0 Å². The molecule has 1 aromatic carbocycles. The molecule has 0 aliphatic rings. The van der Waals surface area contributed by atoms with Gasteiger partial charge in [-0.25, -0.2) is 9.97 Å². The van der Waals surface area contributed by atoms with E-state index in [0.717, 1.165) is 24.2 Å². The van der Waals surface area contributed by atoms with E-state index in [1.165, 1.54) is 0 Å². The van der Waals surface area contributed by atoms with E-state index in [0.29, 0.717) is 16.5 Å². The van der Waals surface area contributed by atoms with Gasteiger partial charge < -0.3 is 5.32 Å². The molecular weight excluding hydrogens is 293 g/mol. The Kier molecular flexibility index (Phi) is 5.77. The van der Waals surface area contributed by atoms with Crippen molar-refractivity contribution >= 4 is 23.2 Å². The second-order valence-corrected chi connectivity index (χ2v) is 5.36. The van der Waals surface area contributed by atoms with Crippen LogP contribution in [0.1, 0.15) is 30.6 Å². The number of aromatic nitrogens is 2. The predicted octanol–water partition coefficient (Wildman–Crippen LogP) is 4.07. The van der Waals surface area contributed by atoms with Crippen LogP contribution in [0.25, 0.3) is 0 Å². The number of hydrogen-bond acceptors (Lipinski definition) is 3. The Labute approximate surface area is 129 Å². The van der Waals surface area contributed by atoms with Crippen molar-refractivity contribution in [1.82, 2.24) is 15.3 Å². The third-order valence-corrected chi connectivity index (χ3v) is 3.78. The van der Waals surface area contributed by atoms with Crippen LogP contribution in [0, 0.1) is 0 Å². The van der Waals surface area contributed by atoms with Crippen molar-refractivity contribution in [3.05, 3.63) is 58.1 Å². The molecule has 106 valence electrons. The fourth-order valence-electron chi connectivity index (χ4n) is 2.04. The zero-order valence-electron chi connectivity index (χ0n) is 11.3. The smallest absolute Gasteiger partial charge is 0.115 e. The number of nitrogens with zero attached hydrogens (tertiary/aromatic N) is 2. The van der Waals surface area contributed by atoms with Crippen LogP contribution in [-0.2, 0) is 6.42 Å². The van der Waals surface area contributed by atoms with Gasteiger partial charge in [0, 0.05) is 16.2 Å². The van der Waals surface area contributed by atoms with Gasteiger partial charge in [-0.15, -0.1) is 0 Å². The molecule has 20 heavy (non-hydrogen) atoms.